The molecule has 0 saturated heterocycles. The maximum Gasteiger partial charge on any atom is 0.184 e. The lowest BCUT2D eigenvalue weighted by molar-refractivity contribution is 0.380. The molecule has 2 heteroatoms. The molecule has 0 atom stereocenters. The molecule has 0 fully saturated rings. The van der Waals surface area contributed by atoms with Crippen molar-refractivity contribution in [2.75, 3.05) is 0 Å². The monoisotopic (exact) mass is 173 g/mol. The molecule has 0 aliphatic carbocycles. The van der Waals surface area contributed by atoms with E-state index in [0.29, 0.717) is 0 Å². The Balaban J connectivity index is 3.02. The summed E-state index contributed by atoms with van der Waals surface area (Å²) in [5.41, 5.74) is 0. The maximum absolute atomic E-state index is 5.59. The molecule has 11 heavy (non-hydrogen) atoms. The van der Waals surface area contributed by atoms with Gasteiger partial charge >= 0.3 is 0 Å². The van der Waals surface area contributed by atoms with Crippen LogP contribution in [-0.2, 0) is 4.43 Å². The summed E-state index contributed by atoms with van der Waals surface area (Å²) in [6.07, 6.45) is 5.02. The van der Waals surface area contributed by atoms with Crippen LogP contribution in [0.1, 0.15) is 32.6 Å². The largest absolute Gasteiger partial charge is 0.412 e. The average molecular weight is 173 g/mol. The molecular weight excluding hydrogens is 152 g/mol. The van der Waals surface area contributed by atoms with Crippen LogP contribution in [0.5, 0.6) is 0 Å². The van der Waals surface area contributed by atoms with E-state index in [1.807, 2.05) is 6.61 Å². The van der Waals surface area contributed by atoms with E-state index in [1.54, 1.807) is 0 Å². The predicted octanol–water partition coefficient (Wildman–Crippen LogP) is 3.58. The quantitative estimate of drug-likeness (QED) is 0.440. The zero-order valence-electron chi connectivity index (χ0n) is 8.31. The first kappa shape index (κ1) is 11.2. The summed E-state index contributed by atoms with van der Waals surface area (Å²) in [7, 11) is -1.27. The Labute approximate surface area is 72.3 Å². The minimum Gasteiger partial charge on any atom is -0.412 e. The van der Waals surface area contributed by atoms with Crippen molar-refractivity contribution in [2.45, 2.75) is 52.2 Å². The smallest absolute Gasteiger partial charge is 0.184 e. The number of hydrogen-bond acceptors (Lipinski definition) is 1. The van der Waals surface area contributed by atoms with Crippen LogP contribution in [0.4, 0.5) is 0 Å². The lowest BCUT2D eigenvalue weighted by Gasteiger charge is -2.15. The summed E-state index contributed by atoms with van der Waals surface area (Å²) in [4.78, 5) is 0. The van der Waals surface area contributed by atoms with Crippen LogP contribution >= 0.6 is 0 Å². The Kier molecular flexibility index (Phi) is 5.87. The fourth-order valence-corrected chi connectivity index (χ4v) is 1.40. The molecule has 67 valence electrons. The Hall–Kier alpha value is 0.177. The van der Waals surface area contributed by atoms with Gasteiger partial charge in [0.2, 0.25) is 0 Å². The van der Waals surface area contributed by atoms with Crippen LogP contribution in [0.15, 0.2) is 0 Å². The lowest BCUT2D eigenvalue weighted by atomic mass is 10.2. The van der Waals surface area contributed by atoms with Crippen LogP contribution in [0, 0.1) is 6.61 Å². The van der Waals surface area contributed by atoms with Crippen molar-refractivity contribution in [2.24, 2.45) is 0 Å². The number of rotatable bonds is 6. The van der Waals surface area contributed by atoms with Gasteiger partial charge < -0.3 is 4.43 Å². The fourth-order valence-electron chi connectivity index (χ4n) is 0.787. The second-order valence-corrected chi connectivity index (χ2v) is 8.35. The average Bonchev–Trinajstić information content (AvgIpc) is 1.85. The van der Waals surface area contributed by atoms with Gasteiger partial charge in [-0.1, -0.05) is 26.2 Å². The van der Waals surface area contributed by atoms with Crippen molar-refractivity contribution in [3.8, 4) is 0 Å². The van der Waals surface area contributed by atoms with Gasteiger partial charge in [-0.3, -0.25) is 0 Å². The molecular formula is C9H21OSi. The van der Waals surface area contributed by atoms with Gasteiger partial charge in [-0.2, -0.15) is 0 Å². The first-order valence-electron chi connectivity index (χ1n) is 4.56. The number of unbranched alkanes of at least 4 members (excludes halogenated alkanes) is 3. The van der Waals surface area contributed by atoms with Crippen molar-refractivity contribution >= 4 is 8.32 Å². The van der Waals surface area contributed by atoms with Gasteiger partial charge in [0.1, 0.15) is 0 Å². The summed E-state index contributed by atoms with van der Waals surface area (Å²) in [5, 5.41) is 0. The van der Waals surface area contributed by atoms with E-state index in [4.69, 9.17) is 4.43 Å². The van der Waals surface area contributed by atoms with E-state index in [0.717, 1.165) is 6.42 Å². The third kappa shape index (κ3) is 10.2. The minimum atomic E-state index is -1.27. The van der Waals surface area contributed by atoms with Crippen LogP contribution in [0.3, 0.4) is 0 Å². The van der Waals surface area contributed by atoms with E-state index in [2.05, 4.69) is 26.6 Å². The molecule has 0 bridgehead atoms. The van der Waals surface area contributed by atoms with Crippen LogP contribution in [0.2, 0.25) is 19.6 Å². The van der Waals surface area contributed by atoms with Gasteiger partial charge in [0.15, 0.2) is 8.32 Å². The summed E-state index contributed by atoms with van der Waals surface area (Å²) < 4.78 is 5.59. The first-order valence-corrected chi connectivity index (χ1v) is 7.96. The molecule has 0 saturated carbocycles. The highest BCUT2D eigenvalue weighted by Crippen LogP contribution is 2.08. The molecule has 0 N–H and O–H groups in total. The van der Waals surface area contributed by atoms with Gasteiger partial charge in [0.05, 0.1) is 6.61 Å². The van der Waals surface area contributed by atoms with Gasteiger partial charge in [-0.05, 0) is 26.1 Å². The van der Waals surface area contributed by atoms with Gasteiger partial charge in [-0.25, -0.2) is 0 Å². The SMILES string of the molecule is CCCCC[CH]O[Si](C)(C)C. The van der Waals surface area contributed by atoms with Crippen molar-refractivity contribution < 1.29 is 4.43 Å². The standard InChI is InChI=1S/C9H21OSi/c1-5-6-7-8-9-10-11(2,3)4/h9H,5-8H2,1-4H3. The molecule has 0 aromatic rings. The second kappa shape index (κ2) is 5.78. The van der Waals surface area contributed by atoms with E-state index in [-0.39, 0.29) is 0 Å². The molecule has 1 nitrogen and oxygen atoms in total. The van der Waals surface area contributed by atoms with E-state index in [1.165, 1.54) is 19.3 Å². The summed E-state index contributed by atoms with van der Waals surface area (Å²) in [6.45, 7) is 10.9. The van der Waals surface area contributed by atoms with Crippen LogP contribution in [-0.4, -0.2) is 8.32 Å². The molecule has 0 amide bonds. The van der Waals surface area contributed by atoms with E-state index in [9.17, 15) is 0 Å². The normalized spacial score (nSPS) is 12.0. The zero-order chi connectivity index (χ0) is 8.74. The topological polar surface area (TPSA) is 9.23 Å². The molecule has 0 unspecified atom stereocenters. The Morgan fingerprint density at radius 3 is 2.27 bits per heavy atom. The lowest BCUT2D eigenvalue weighted by Crippen LogP contribution is -2.23. The van der Waals surface area contributed by atoms with Gasteiger partial charge in [0, 0.05) is 0 Å². The van der Waals surface area contributed by atoms with Crippen molar-refractivity contribution in [1.29, 1.82) is 0 Å². The highest BCUT2D eigenvalue weighted by molar-refractivity contribution is 6.69. The highest BCUT2D eigenvalue weighted by Gasteiger charge is 2.12. The second-order valence-electron chi connectivity index (χ2n) is 3.89. The maximum atomic E-state index is 5.59. The van der Waals surface area contributed by atoms with Crippen molar-refractivity contribution in [3.63, 3.8) is 0 Å². The van der Waals surface area contributed by atoms with Gasteiger partial charge in [-0.15, -0.1) is 0 Å². The van der Waals surface area contributed by atoms with E-state index >= 15 is 0 Å². The Morgan fingerprint density at radius 2 is 1.82 bits per heavy atom. The summed E-state index contributed by atoms with van der Waals surface area (Å²) in [6, 6.07) is 0. The third-order valence-electron chi connectivity index (χ3n) is 1.36. The molecule has 0 aromatic heterocycles. The van der Waals surface area contributed by atoms with Crippen molar-refractivity contribution in [1.82, 2.24) is 0 Å². The highest BCUT2D eigenvalue weighted by atomic mass is 28.4. The number of hydrogen-bond donors (Lipinski definition) is 0. The fraction of sp³-hybridized carbons (Fsp3) is 0.889. The third-order valence-corrected chi connectivity index (χ3v) is 2.24. The molecule has 1 radical (unpaired) electrons. The molecule has 0 aliphatic heterocycles. The van der Waals surface area contributed by atoms with E-state index < -0.39 is 8.32 Å². The molecule has 0 spiro atoms. The molecule has 0 aliphatic rings. The zero-order valence-corrected chi connectivity index (χ0v) is 9.31. The Morgan fingerprint density at radius 1 is 1.18 bits per heavy atom. The molecule has 0 aromatic carbocycles. The molecule has 0 heterocycles. The predicted molar refractivity (Wildman–Crippen MR) is 52.9 cm³/mol. The summed E-state index contributed by atoms with van der Waals surface area (Å²) >= 11 is 0. The first-order chi connectivity index (χ1) is 5.06. The Bertz CT molecular complexity index is 86.1. The minimum absolute atomic E-state index is 1.12. The van der Waals surface area contributed by atoms with Crippen LogP contribution in [0.25, 0.3) is 0 Å². The molecule has 0 rings (SSSR count). The van der Waals surface area contributed by atoms with Crippen LogP contribution < -0.4 is 0 Å². The van der Waals surface area contributed by atoms with Gasteiger partial charge in [0.25, 0.3) is 0 Å². The van der Waals surface area contributed by atoms with Crippen molar-refractivity contribution in [3.05, 3.63) is 6.61 Å². The summed E-state index contributed by atoms with van der Waals surface area (Å²) in [5.74, 6) is 0.